The Labute approximate surface area is 132 Å². The predicted molar refractivity (Wildman–Crippen MR) is 83.2 cm³/mol. The molecule has 4 fully saturated rings. The van der Waals surface area contributed by atoms with E-state index in [-0.39, 0.29) is 16.6 Å². The van der Waals surface area contributed by atoms with Gasteiger partial charge in [-0.1, -0.05) is 13.8 Å². The standard InChI is InChI=1S/C19H28O3/c1-17-8-7-15-13(14(17)3-4-16(17)21)6-10-19(22)11-12(20)5-9-18(15,19)2/h13-15,22H,3-11H2,1-2H3/t13-,14-,15-,17-,18+,19-/m0/s1. The highest BCUT2D eigenvalue weighted by atomic mass is 16.3. The summed E-state index contributed by atoms with van der Waals surface area (Å²) in [6, 6.07) is 0. The van der Waals surface area contributed by atoms with Crippen LogP contribution in [-0.2, 0) is 9.59 Å². The largest absolute Gasteiger partial charge is 0.389 e. The van der Waals surface area contributed by atoms with Gasteiger partial charge in [0.2, 0.25) is 0 Å². The molecule has 22 heavy (non-hydrogen) atoms. The lowest BCUT2D eigenvalue weighted by Gasteiger charge is -2.62. The second-order valence-electron chi connectivity index (χ2n) is 9.00. The van der Waals surface area contributed by atoms with Gasteiger partial charge in [-0.15, -0.1) is 0 Å². The van der Waals surface area contributed by atoms with E-state index in [2.05, 4.69) is 13.8 Å². The average Bonchev–Trinajstić information content (AvgIpc) is 2.76. The molecule has 0 saturated heterocycles. The highest BCUT2D eigenvalue weighted by Gasteiger charge is 2.64. The van der Waals surface area contributed by atoms with Crippen LogP contribution in [0.3, 0.4) is 0 Å². The number of aliphatic hydroxyl groups is 1. The molecule has 0 aliphatic heterocycles. The van der Waals surface area contributed by atoms with Gasteiger partial charge in [0.1, 0.15) is 11.6 Å². The van der Waals surface area contributed by atoms with Crippen molar-refractivity contribution in [3.05, 3.63) is 0 Å². The molecule has 0 radical (unpaired) electrons. The second-order valence-corrected chi connectivity index (χ2v) is 9.00. The van der Waals surface area contributed by atoms with Crippen molar-refractivity contribution < 1.29 is 14.7 Å². The smallest absolute Gasteiger partial charge is 0.139 e. The van der Waals surface area contributed by atoms with Crippen LogP contribution in [0.25, 0.3) is 0 Å². The van der Waals surface area contributed by atoms with Crippen LogP contribution in [0, 0.1) is 28.6 Å². The molecule has 6 atom stereocenters. The van der Waals surface area contributed by atoms with Gasteiger partial charge in [0.15, 0.2) is 0 Å². The topological polar surface area (TPSA) is 54.4 Å². The van der Waals surface area contributed by atoms with Crippen molar-refractivity contribution >= 4 is 11.6 Å². The Kier molecular flexibility index (Phi) is 3.00. The van der Waals surface area contributed by atoms with Crippen LogP contribution in [-0.4, -0.2) is 22.3 Å². The number of fused-ring (bicyclic) bond motifs is 5. The van der Waals surface area contributed by atoms with Crippen molar-refractivity contribution in [1.82, 2.24) is 0 Å². The Morgan fingerprint density at radius 2 is 1.73 bits per heavy atom. The maximum atomic E-state index is 12.4. The van der Waals surface area contributed by atoms with Crippen molar-refractivity contribution in [3.63, 3.8) is 0 Å². The van der Waals surface area contributed by atoms with Gasteiger partial charge in [-0.2, -0.15) is 0 Å². The molecule has 4 saturated carbocycles. The Morgan fingerprint density at radius 3 is 2.50 bits per heavy atom. The quantitative estimate of drug-likeness (QED) is 0.747. The van der Waals surface area contributed by atoms with E-state index in [4.69, 9.17) is 0 Å². The van der Waals surface area contributed by atoms with Crippen LogP contribution in [0.4, 0.5) is 0 Å². The zero-order valence-corrected chi connectivity index (χ0v) is 13.9. The van der Waals surface area contributed by atoms with E-state index in [1.807, 2.05) is 0 Å². The lowest BCUT2D eigenvalue weighted by atomic mass is 9.44. The summed E-state index contributed by atoms with van der Waals surface area (Å²) in [7, 11) is 0. The summed E-state index contributed by atoms with van der Waals surface area (Å²) in [6.07, 6.45) is 7.40. The van der Waals surface area contributed by atoms with Gasteiger partial charge >= 0.3 is 0 Å². The third-order valence-corrected chi connectivity index (χ3v) is 8.33. The van der Waals surface area contributed by atoms with E-state index in [1.165, 1.54) is 0 Å². The zero-order valence-electron chi connectivity index (χ0n) is 13.9. The number of hydrogen-bond acceptors (Lipinski definition) is 3. The summed E-state index contributed by atoms with van der Waals surface area (Å²) < 4.78 is 0. The third kappa shape index (κ3) is 1.67. The van der Waals surface area contributed by atoms with Gasteiger partial charge < -0.3 is 5.11 Å². The van der Waals surface area contributed by atoms with Crippen LogP contribution in [0.15, 0.2) is 0 Å². The number of carbonyl (C=O) groups excluding carboxylic acids is 2. The van der Waals surface area contributed by atoms with Crippen molar-refractivity contribution in [2.45, 2.75) is 77.2 Å². The Morgan fingerprint density at radius 1 is 0.955 bits per heavy atom. The third-order valence-electron chi connectivity index (χ3n) is 8.33. The van der Waals surface area contributed by atoms with E-state index in [0.717, 1.165) is 44.9 Å². The molecule has 122 valence electrons. The molecule has 3 heteroatoms. The lowest BCUT2D eigenvalue weighted by molar-refractivity contribution is -0.201. The van der Waals surface area contributed by atoms with Gasteiger partial charge in [-0.3, -0.25) is 9.59 Å². The van der Waals surface area contributed by atoms with Gasteiger partial charge in [0.25, 0.3) is 0 Å². The normalized spacial score (nSPS) is 54.6. The van der Waals surface area contributed by atoms with Gasteiger partial charge in [-0.25, -0.2) is 0 Å². The second kappa shape index (κ2) is 4.43. The summed E-state index contributed by atoms with van der Waals surface area (Å²) in [5, 5.41) is 11.2. The Bertz CT molecular complexity index is 541. The molecule has 4 aliphatic rings. The molecular weight excluding hydrogens is 276 g/mol. The molecular formula is C19H28O3. The van der Waals surface area contributed by atoms with Crippen LogP contribution in [0.2, 0.25) is 0 Å². The highest BCUT2D eigenvalue weighted by molar-refractivity contribution is 5.87. The summed E-state index contributed by atoms with van der Waals surface area (Å²) in [5.41, 5.74) is -1.02. The van der Waals surface area contributed by atoms with Crippen molar-refractivity contribution in [2.24, 2.45) is 28.6 Å². The first-order chi connectivity index (χ1) is 10.3. The summed E-state index contributed by atoms with van der Waals surface area (Å²) in [4.78, 5) is 24.3. The fraction of sp³-hybridized carbons (Fsp3) is 0.895. The van der Waals surface area contributed by atoms with E-state index < -0.39 is 5.60 Å². The van der Waals surface area contributed by atoms with Crippen LogP contribution in [0.5, 0.6) is 0 Å². The molecule has 0 heterocycles. The Hall–Kier alpha value is -0.700. The molecule has 0 aromatic rings. The van der Waals surface area contributed by atoms with E-state index >= 15 is 0 Å². The molecule has 1 N–H and O–H groups in total. The minimum Gasteiger partial charge on any atom is -0.389 e. The number of rotatable bonds is 0. The Balaban J connectivity index is 1.69. The SMILES string of the molecule is C[C@]12CC[C@H]3[C@@H](CC[C@]4(O)CC(=O)CC[C@]34C)[C@@H]1CCC2=O. The molecule has 3 nitrogen and oxygen atoms in total. The molecule has 4 rings (SSSR count). The molecule has 0 aromatic carbocycles. The summed E-state index contributed by atoms with van der Waals surface area (Å²) in [5.74, 6) is 2.28. The maximum absolute atomic E-state index is 12.4. The van der Waals surface area contributed by atoms with E-state index in [0.29, 0.717) is 36.4 Å². The molecule has 0 aromatic heterocycles. The lowest BCUT2D eigenvalue weighted by Crippen LogP contribution is -2.62. The highest BCUT2D eigenvalue weighted by Crippen LogP contribution is 2.66. The minimum atomic E-state index is -0.792. The maximum Gasteiger partial charge on any atom is 0.139 e. The van der Waals surface area contributed by atoms with Gasteiger partial charge in [0.05, 0.1) is 5.60 Å². The van der Waals surface area contributed by atoms with Crippen molar-refractivity contribution in [1.29, 1.82) is 0 Å². The number of hydrogen-bond donors (Lipinski definition) is 1. The van der Waals surface area contributed by atoms with Crippen molar-refractivity contribution in [2.75, 3.05) is 0 Å². The summed E-state index contributed by atoms with van der Waals surface area (Å²) >= 11 is 0. The first kappa shape index (κ1) is 14.9. The molecule has 0 bridgehead atoms. The predicted octanol–water partition coefficient (Wildman–Crippen LogP) is 3.28. The number of carbonyl (C=O) groups is 2. The van der Waals surface area contributed by atoms with Crippen LogP contribution in [0.1, 0.15) is 71.6 Å². The number of Topliss-reactive ketones (excluding diaryl/α,β-unsaturated/α-hetero) is 2. The van der Waals surface area contributed by atoms with E-state index in [1.54, 1.807) is 0 Å². The molecule has 0 spiro atoms. The first-order valence-electron chi connectivity index (χ1n) is 9.08. The molecule has 0 unspecified atom stereocenters. The monoisotopic (exact) mass is 304 g/mol. The zero-order chi connectivity index (χ0) is 15.8. The van der Waals surface area contributed by atoms with E-state index in [9.17, 15) is 14.7 Å². The fourth-order valence-electron chi connectivity index (χ4n) is 6.81. The van der Waals surface area contributed by atoms with Gasteiger partial charge in [0, 0.05) is 30.1 Å². The average molecular weight is 304 g/mol. The molecule has 0 amide bonds. The van der Waals surface area contributed by atoms with Gasteiger partial charge in [-0.05, 0) is 56.3 Å². The first-order valence-corrected chi connectivity index (χ1v) is 9.08. The fourth-order valence-corrected chi connectivity index (χ4v) is 6.81. The van der Waals surface area contributed by atoms with Crippen LogP contribution >= 0.6 is 0 Å². The van der Waals surface area contributed by atoms with Crippen LogP contribution < -0.4 is 0 Å². The van der Waals surface area contributed by atoms with Crippen molar-refractivity contribution in [3.8, 4) is 0 Å². The summed E-state index contributed by atoms with van der Waals surface area (Å²) in [6.45, 7) is 4.42. The molecule has 4 aliphatic carbocycles. The number of ketones is 2. The minimum absolute atomic E-state index is 0.0997.